The normalized spacial score (nSPS) is 22.7. The molecule has 2 aliphatic carbocycles. The van der Waals surface area contributed by atoms with Crippen LogP contribution in [0.5, 0.6) is 0 Å². The second-order valence-corrected chi connectivity index (χ2v) is 8.23. The van der Waals surface area contributed by atoms with Gasteiger partial charge in [0.05, 0.1) is 6.04 Å². The second-order valence-electron chi connectivity index (χ2n) is 8.23. The summed E-state index contributed by atoms with van der Waals surface area (Å²) in [4.78, 5) is 17.7. The van der Waals surface area contributed by atoms with Gasteiger partial charge in [-0.05, 0) is 92.1 Å². The third-order valence-corrected chi connectivity index (χ3v) is 6.08. The molecule has 1 aromatic carbocycles. The topological polar surface area (TPSA) is 53.5 Å². The Morgan fingerprint density at radius 1 is 1.28 bits per heavy atom. The Morgan fingerprint density at radius 2 is 2.17 bits per heavy atom. The van der Waals surface area contributed by atoms with E-state index in [2.05, 4.69) is 42.7 Å². The standard InChI is InChI=1S/C25H31N3O/c1-3-12-26-16-18-8-10-23-21(14-18)22-15-20(9-11-24(22)28-23)27-25(29)19-7-5-6-17(4-2)13-19/h5-7,9,11,13,15,18,24,26H,3-4,8,10,12,14,16H2,1-2H3,(H,27,29). The van der Waals surface area contributed by atoms with Crippen molar-refractivity contribution in [3.8, 4) is 0 Å². The van der Waals surface area contributed by atoms with E-state index in [9.17, 15) is 4.79 Å². The maximum absolute atomic E-state index is 12.7. The number of hydrogen-bond donors (Lipinski definition) is 2. The largest absolute Gasteiger partial charge is 0.322 e. The summed E-state index contributed by atoms with van der Waals surface area (Å²) in [5, 5.41) is 6.66. The zero-order valence-corrected chi connectivity index (χ0v) is 17.5. The van der Waals surface area contributed by atoms with Crippen LogP contribution < -0.4 is 10.6 Å². The van der Waals surface area contributed by atoms with E-state index in [1.165, 1.54) is 35.3 Å². The fourth-order valence-electron chi connectivity index (χ4n) is 4.44. The summed E-state index contributed by atoms with van der Waals surface area (Å²) in [6.07, 6.45) is 11.7. The summed E-state index contributed by atoms with van der Waals surface area (Å²) in [6.45, 7) is 6.48. The van der Waals surface area contributed by atoms with E-state index >= 15 is 0 Å². The smallest absolute Gasteiger partial charge is 0.255 e. The van der Waals surface area contributed by atoms with Gasteiger partial charge in [-0.25, -0.2) is 0 Å². The third-order valence-electron chi connectivity index (χ3n) is 6.08. The van der Waals surface area contributed by atoms with Crippen molar-refractivity contribution in [1.29, 1.82) is 0 Å². The number of benzene rings is 1. The van der Waals surface area contributed by atoms with Crippen molar-refractivity contribution in [3.63, 3.8) is 0 Å². The highest BCUT2D eigenvalue weighted by Gasteiger charge is 2.32. The molecule has 1 heterocycles. The lowest BCUT2D eigenvalue weighted by Gasteiger charge is -2.25. The van der Waals surface area contributed by atoms with Crippen molar-refractivity contribution in [2.24, 2.45) is 10.9 Å². The van der Waals surface area contributed by atoms with Crippen molar-refractivity contribution in [3.05, 3.63) is 70.5 Å². The number of amides is 1. The first kappa shape index (κ1) is 19.8. The van der Waals surface area contributed by atoms with E-state index in [0.29, 0.717) is 11.5 Å². The number of allylic oxidation sites excluding steroid dienone is 2. The summed E-state index contributed by atoms with van der Waals surface area (Å²) >= 11 is 0. The molecule has 0 aromatic heterocycles. The van der Waals surface area contributed by atoms with Gasteiger partial charge >= 0.3 is 0 Å². The lowest BCUT2D eigenvalue weighted by atomic mass is 9.81. The molecule has 29 heavy (non-hydrogen) atoms. The first-order valence-electron chi connectivity index (χ1n) is 11.0. The van der Waals surface area contributed by atoms with Crippen molar-refractivity contribution in [2.45, 2.75) is 52.0 Å². The number of nitrogens with one attached hydrogen (secondary N) is 2. The lowest BCUT2D eigenvalue weighted by molar-refractivity contribution is 0.0967. The number of hydrogen-bond acceptors (Lipinski definition) is 3. The van der Waals surface area contributed by atoms with Crippen LogP contribution in [0.4, 0.5) is 0 Å². The predicted molar refractivity (Wildman–Crippen MR) is 119 cm³/mol. The molecule has 152 valence electrons. The molecule has 4 nitrogen and oxygen atoms in total. The first-order valence-corrected chi connectivity index (χ1v) is 11.0. The molecule has 1 saturated carbocycles. The highest BCUT2D eigenvalue weighted by atomic mass is 16.1. The fourth-order valence-corrected chi connectivity index (χ4v) is 4.44. The molecule has 1 aromatic rings. The van der Waals surface area contributed by atoms with Gasteiger partial charge in [-0.1, -0.05) is 32.1 Å². The summed E-state index contributed by atoms with van der Waals surface area (Å²) in [6, 6.07) is 7.98. The zero-order valence-electron chi connectivity index (χ0n) is 17.5. The van der Waals surface area contributed by atoms with Gasteiger partial charge in [0.2, 0.25) is 0 Å². The highest BCUT2D eigenvalue weighted by Crippen LogP contribution is 2.37. The monoisotopic (exact) mass is 389 g/mol. The lowest BCUT2D eigenvalue weighted by Crippen LogP contribution is -2.28. The molecule has 0 radical (unpaired) electrons. The van der Waals surface area contributed by atoms with Crippen molar-refractivity contribution < 1.29 is 4.79 Å². The molecule has 3 aliphatic rings. The van der Waals surface area contributed by atoms with Crippen LogP contribution in [0.15, 0.2) is 64.3 Å². The van der Waals surface area contributed by atoms with Crippen molar-refractivity contribution in [2.75, 3.05) is 13.1 Å². The Labute approximate surface area is 173 Å². The van der Waals surface area contributed by atoms with Gasteiger partial charge in [0.1, 0.15) is 0 Å². The number of carbonyl (C=O) groups is 1. The van der Waals surface area contributed by atoms with E-state index in [4.69, 9.17) is 4.99 Å². The minimum Gasteiger partial charge on any atom is -0.322 e. The average molecular weight is 390 g/mol. The molecule has 0 saturated heterocycles. The summed E-state index contributed by atoms with van der Waals surface area (Å²) in [5.41, 5.74) is 6.71. The molecular formula is C25H31N3O. The number of fused-ring (bicyclic) bond motifs is 2. The Hall–Kier alpha value is -2.46. The van der Waals surface area contributed by atoms with Crippen LogP contribution in [-0.4, -0.2) is 30.8 Å². The number of carbonyl (C=O) groups excluding carboxylic acids is 1. The van der Waals surface area contributed by atoms with E-state index in [1.54, 1.807) is 0 Å². The molecule has 2 N–H and O–H groups in total. The number of nitrogens with zero attached hydrogens (tertiary/aromatic N) is 1. The molecule has 0 spiro atoms. The van der Waals surface area contributed by atoms with Gasteiger partial charge in [-0.15, -0.1) is 0 Å². The van der Waals surface area contributed by atoms with Crippen LogP contribution in [-0.2, 0) is 6.42 Å². The molecule has 4 heteroatoms. The Morgan fingerprint density at radius 3 is 3.00 bits per heavy atom. The number of rotatable bonds is 7. The molecule has 1 amide bonds. The Kier molecular flexibility index (Phi) is 6.10. The van der Waals surface area contributed by atoms with Crippen LogP contribution in [0.1, 0.15) is 55.5 Å². The zero-order chi connectivity index (χ0) is 20.2. The third kappa shape index (κ3) is 4.43. The second kappa shape index (κ2) is 8.91. The minimum atomic E-state index is -0.0512. The maximum Gasteiger partial charge on any atom is 0.255 e. The Bertz CT molecular complexity index is 906. The summed E-state index contributed by atoms with van der Waals surface area (Å²) < 4.78 is 0. The molecule has 4 rings (SSSR count). The van der Waals surface area contributed by atoms with Gasteiger partial charge in [0.25, 0.3) is 5.91 Å². The Balaban J connectivity index is 1.48. The predicted octanol–water partition coefficient (Wildman–Crippen LogP) is 4.35. The molecule has 2 unspecified atom stereocenters. The average Bonchev–Trinajstić information content (AvgIpc) is 3.11. The van der Waals surface area contributed by atoms with Crippen molar-refractivity contribution in [1.82, 2.24) is 10.6 Å². The van der Waals surface area contributed by atoms with E-state index in [1.807, 2.05) is 24.3 Å². The SMILES string of the molecule is CCCNCC1CCC2=NC3C=CC(NC(=O)c4cccc(CC)c4)=CC3=C2C1. The van der Waals surface area contributed by atoms with Gasteiger partial charge < -0.3 is 10.6 Å². The number of aliphatic imine (C=N–C) groups is 1. The van der Waals surface area contributed by atoms with Gasteiger partial charge in [-0.3, -0.25) is 9.79 Å². The fraction of sp³-hybridized carbons (Fsp3) is 0.440. The number of aryl methyl sites for hydroxylation is 1. The minimum absolute atomic E-state index is 0.0512. The summed E-state index contributed by atoms with van der Waals surface area (Å²) in [5.74, 6) is 0.626. The maximum atomic E-state index is 12.7. The van der Waals surface area contributed by atoms with Crippen LogP contribution in [0.25, 0.3) is 0 Å². The van der Waals surface area contributed by atoms with Gasteiger partial charge in [-0.2, -0.15) is 0 Å². The molecule has 0 bridgehead atoms. The van der Waals surface area contributed by atoms with E-state index < -0.39 is 0 Å². The van der Waals surface area contributed by atoms with E-state index in [-0.39, 0.29) is 11.9 Å². The van der Waals surface area contributed by atoms with Gasteiger partial charge in [0.15, 0.2) is 0 Å². The van der Waals surface area contributed by atoms with Crippen LogP contribution >= 0.6 is 0 Å². The quantitative estimate of drug-likeness (QED) is 0.681. The van der Waals surface area contributed by atoms with Crippen LogP contribution in [0, 0.1) is 5.92 Å². The van der Waals surface area contributed by atoms with Crippen molar-refractivity contribution >= 4 is 11.6 Å². The van der Waals surface area contributed by atoms with Crippen LogP contribution in [0.3, 0.4) is 0 Å². The molecular weight excluding hydrogens is 358 g/mol. The molecule has 2 atom stereocenters. The van der Waals surface area contributed by atoms with E-state index in [0.717, 1.165) is 38.0 Å². The molecule has 1 aliphatic heterocycles. The van der Waals surface area contributed by atoms with Gasteiger partial charge in [0, 0.05) is 17.0 Å². The summed E-state index contributed by atoms with van der Waals surface area (Å²) in [7, 11) is 0. The highest BCUT2D eigenvalue weighted by molar-refractivity contribution is 6.05. The first-order chi connectivity index (χ1) is 14.2. The van der Waals surface area contributed by atoms with Crippen LogP contribution in [0.2, 0.25) is 0 Å². The molecule has 1 fully saturated rings.